The molecule has 2 N–H and O–H groups in total. The first-order valence-electron chi connectivity index (χ1n) is 10.5. The van der Waals surface area contributed by atoms with Crippen LogP contribution in [0.3, 0.4) is 0 Å². The quantitative estimate of drug-likeness (QED) is 0.870. The maximum absolute atomic E-state index is 5.48. The zero-order chi connectivity index (χ0) is 20.4. The van der Waals surface area contributed by atoms with Crippen molar-refractivity contribution in [3.05, 3.63) is 35.9 Å². The Labute approximate surface area is 169 Å². The minimum absolute atomic E-state index is 0.750. The Kier molecular flexibility index (Phi) is 9.17. The summed E-state index contributed by atoms with van der Waals surface area (Å²) in [7, 11) is 1.50. The fourth-order valence-electron chi connectivity index (χ4n) is 3.53. The van der Waals surface area contributed by atoms with Gasteiger partial charge in [-0.25, -0.2) is 4.98 Å². The van der Waals surface area contributed by atoms with Gasteiger partial charge in [0.1, 0.15) is 5.82 Å². The van der Waals surface area contributed by atoms with Gasteiger partial charge in [-0.1, -0.05) is 51.1 Å². The van der Waals surface area contributed by atoms with Crippen LogP contribution in [0.4, 0.5) is 11.8 Å². The van der Waals surface area contributed by atoms with Gasteiger partial charge in [-0.3, -0.25) is 0 Å². The summed E-state index contributed by atoms with van der Waals surface area (Å²) < 4.78 is 5.48. The number of nitrogens with two attached hydrogens (primary N) is 1. The lowest BCUT2D eigenvalue weighted by Gasteiger charge is -2.28. The number of aromatic nitrogens is 2. The van der Waals surface area contributed by atoms with Crippen LogP contribution in [0.15, 0.2) is 30.3 Å². The van der Waals surface area contributed by atoms with Gasteiger partial charge < -0.3 is 20.3 Å². The van der Waals surface area contributed by atoms with Crippen molar-refractivity contribution in [1.29, 1.82) is 0 Å². The van der Waals surface area contributed by atoms with E-state index in [1.54, 1.807) is 0 Å². The van der Waals surface area contributed by atoms with E-state index in [0.717, 1.165) is 69.7 Å². The molecule has 1 aromatic carbocycles. The Balaban J connectivity index is 0.000000660. The van der Waals surface area contributed by atoms with Gasteiger partial charge >= 0.3 is 0 Å². The van der Waals surface area contributed by atoms with Crippen molar-refractivity contribution < 1.29 is 4.74 Å². The Morgan fingerprint density at radius 3 is 2.32 bits per heavy atom. The van der Waals surface area contributed by atoms with Crippen LogP contribution >= 0.6 is 0 Å². The summed E-state index contributed by atoms with van der Waals surface area (Å²) >= 11 is 0. The second kappa shape index (κ2) is 11.6. The van der Waals surface area contributed by atoms with Gasteiger partial charge in [0.15, 0.2) is 0 Å². The average molecular weight is 386 g/mol. The van der Waals surface area contributed by atoms with Gasteiger partial charge in [-0.2, -0.15) is 4.98 Å². The molecule has 1 saturated heterocycles. The smallest absolute Gasteiger partial charge is 0.228 e. The third kappa shape index (κ3) is 5.00. The standard InChI is InChI=1S/C19H24N4O.C2H6.CH5N/c1-2-9-22-10-8-16-17(15-6-4-3-5-7-15)20-19(21-18(16)22)23-11-13-24-14-12-23;2*1-2/h3-7H,2,8-14H2,1H3;1-2H3;2H2,1H3. The summed E-state index contributed by atoms with van der Waals surface area (Å²) in [6, 6.07) is 10.5. The molecule has 0 unspecified atom stereocenters. The zero-order valence-electron chi connectivity index (χ0n) is 17.8. The topological polar surface area (TPSA) is 67.5 Å². The van der Waals surface area contributed by atoms with Crippen LogP contribution in [0.2, 0.25) is 0 Å². The maximum atomic E-state index is 5.48. The lowest BCUT2D eigenvalue weighted by molar-refractivity contribution is 0.122. The van der Waals surface area contributed by atoms with E-state index in [9.17, 15) is 0 Å². The molecular formula is C22H35N5O. The molecule has 0 radical (unpaired) electrons. The molecule has 0 saturated carbocycles. The Hall–Kier alpha value is -2.18. The number of nitrogens with zero attached hydrogens (tertiary/aromatic N) is 4. The van der Waals surface area contributed by atoms with Gasteiger partial charge in [-0.15, -0.1) is 0 Å². The van der Waals surface area contributed by atoms with Crippen LogP contribution in [0, 0.1) is 0 Å². The summed E-state index contributed by atoms with van der Waals surface area (Å²) in [6.45, 7) is 11.5. The molecule has 6 heteroatoms. The molecule has 0 aliphatic carbocycles. The number of ether oxygens (including phenoxy) is 1. The molecule has 1 fully saturated rings. The van der Waals surface area contributed by atoms with E-state index in [2.05, 4.69) is 52.8 Å². The highest BCUT2D eigenvalue weighted by molar-refractivity contribution is 5.73. The van der Waals surface area contributed by atoms with Crippen molar-refractivity contribution in [3.8, 4) is 11.3 Å². The SMILES string of the molecule is CC.CCCN1CCc2c(-c3ccccc3)nc(N3CCOCC3)nc21.CN. The summed E-state index contributed by atoms with van der Waals surface area (Å²) in [5.41, 5.74) is 8.08. The van der Waals surface area contributed by atoms with Crippen LogP contribution in [-0.4, -0.2) is 56.4 Å². The molecular weight excluding hydrogens is 350 g/mol. The molecule has 28 heavy (non-hydrogen) atoms. The van der Waals surface area contributed by atoms with Crippen LogP contribution < -0.4 is 15.5 Å². The van der Waals surface area contributed by atoms with Gasteiger partial charge in [0, 0.05) is 37.3 Å². The Morgan fingerprint density at radius 1 is 1.00 bits per heavy atom. The van der Waals surface area contributed by atoms with Gasteiger partial charge in [-0.05, 0) is 19.9 Å². The minimum Gasteiger partial charge on any atom is -0.378 e. The molecule has 2 aliphatic rings. The first-order chi connectivity index (χ1) is 13.9. The van der Waals surface area contributed by atoms with E-state index in [4.69, 9.17) is 14.7 Å². The molecule has 0 bridgehead atoms. The van der Waals surface area contributed by atoms with Gasteiger partial charge in [0.25, 0.3) is 0 Å². The van der Waals surface area contributed by atoms with E-state index in [1.807, 2.05) is 13.8 Å². The molecule has 2 aromatic rings. The Morgan fingerprint density at radius 2 is 1.68 bits per heavy atom. The highest BCUT2D eigenvalue weighted by atomic mass is 16.5. The number of hydrogen-bond donors (Lipinski definition) is 1. The molecule has 2 aliphatic heterocycles. The van der Waals surface area contributed by atoms with Crippen molar-refractivity contribution in [2.24, 2.45) is 5.73 Å². The minimum atomic E-state index is 0.750. The van der Waals surface area contributed by atoms with E-state index < -0.39 is 0 Å². The number of fused-ring (bicyclic) bond motifs is 1. The molecule has 154 valence electrons. The molecule has 0 atom stereocenters. The van der Waals surface area contributed by atoms with Crippen molar-refractivity contribution in [1.82, 2.24) is 9.97 Å². The summed E-state index contributed by atoms with van der Waals surface area (Å²) in [4.78, 5) is 14.6. The Bertz CT molecular complexity index is 702. The van der Waals surface area contributed by atoms with Crippen LogP contribution in [0.1, 0.15) is 32.8 Å². The van der Waals surface area contributed by atoms with E-state index in [-0.39, 0.29) is 0 Å². The summed E-state index contributed by atoms with van der Waals surface area (Å²) in [5.74, 6) is 1.98. The van der Waals surface area contributed by atoms with Crippen LogP contribution in [0.5, 0.6) is 0 Å². The third-order valence-corrected chi connectivity index (χ3v) is 4.74. The summed E-state index contributed by atoms with van der Waals surface area (Å²) in [5, 5.41) is 0. The maximum Gasteiger partial charge on any atom is 0.228 e. The molecule has 6 nitrogen and oxygen atoms in total. The third-order valence-electron chi connectivity index (χ3n) is 4.74. The molecule has 3 heterocycles. The highest BCUT2D eigenvalue weighted by Gasteiger charge is 2.27. The predicted octanol–water partition coefficient (Wildman–Crippen LogP) is 3.35. The zero-order valence-corrected chi connectivity index (χ0v) is 17.8. The predicted molar refractivity (Wildman–Crippen MR) is 118 cm³/mol. The van der Waals surface area contributed by atoms with Gasteiger partial charge in [0.05, 0.1) is 18.9 Å². The first kappa shape index (κ1) is 22.1. The van der Waals surface area contributed by atoms with E-state index in [1.165, 1.54) is 18.2 Å². The number of hydrogen-bond acceptors (Lipinski definition) is 6. The van der Waals surface area contributed by atoms with Crippen molar-refractivity contribution >= 4 is 11.8 Å². The second-order valence-corrected chi connectivity index (χ2v) is 6.38. The van der Waals surface area contributed by atoms with Crippen LogP contribution in [0.25, 0.3) is 11.3 Å². The van der Waals surface area contributed by atoms with E-state index in [0.29, 0.717) is 0 Å². The highest BCUT2D eigenvalue weighted by Crippen LogP contribution is 2.35. The van der Waals surface area contributed by atoms with Crippen molar-refractivity contribution in [3.63, 3.8) is 0 Å². The van der Waals surface area contributed by atoms with Crippen LogP contribution in [-0.2, 0) is 11.2 Å². The summed E-state index contributed by atoms with van der Waals surface area (Å²) in [6.07, 6.45) is 2.17. The number of benzene rings is 1. The van der Waals surface area contributed by atoms with Crippen molar-refractivity contribution in [2.45, 2.75) is 33.6 Å². The average Bonchev–Trinajstić information content (AvgIpc) is 3.20. The monoisotopic (exact) mass is 385 g/mol. The van der Waals surface area contributed by atoms with Gasteiger partial charge in [0.2, 0.25) is 5.95 Å². The lowest BCUT2D eigenvalue weighted by Crippen LogP contribution is -2.37. The van der Waals surface area contributed by atoms with E-state index >= 15 is 0 Å². The lowest BCUT2D eigenvalue weighted by atomic mass is 10.1. The van der Waals surface area contributed by atoms with Crippen molar-refractivity contribution in [2.75, 3.05) is 56.2 Å². The molecule has 4 rings (SSSR count). The molecule has 0 spiro atoms. The number of morpholine rings is 1. The second-order valence-electron chi connectivity index (χ2n) is 6.38. The fourth-order valence-corrected chi connectivity index (χ4v) is 3.53. The first-order valence-corrected chi connectivity index (χ1v) is 10.5. The largest absolute Gasteiger partial charge is 0.378 e. The normalized spacial score (nSPS) is 15.2. The molecule has 0 amide bonds. The number of anilines is 2. The molecule has 1 aromatic heterocycles. The fraction of sp³-hybridized carbons (Fsp3) is 0.545. The number of rotatable bonds is 4.